The van der Waals surface area contributed by atoms with Crippen LogP contribution < -0.4 is 10.1 Å². The molecule has 0 bridgehead atoms. The third kappa shape index (κ3) is 3.41. The van der Waals surface area contributed by atoms with E-state index in [2.05, 4.69) is 15.3 Å². The molecule has 0 aromatic carbocycles. The molecule has 1 aliphatic heterocycles. The Kier molecular flexibility index (Phi) is 4.04. The SMILES string of the molecule is Fc1cnc(OCCC2CCCCN2)nc1. The molecule has 16 heavy (non-hydrogen) atoms. The lowest BCUT2D eigenvalue weighted by atomic mass is 10.0. The highest BCUT2D eigenvalue weighted by Gasteiger charge is 2.12. The van der Waals surface area contributed by atoms with E-state index in [0.717, 1.165) is 25.4 Å². The first-order valence-electron chi connectivity index (χ1n) is 5.68. The highest BCUT2D eigenvalue weighted by Crippen LogP contribution is 2.10. The Bertz CT molecular complexity index is 312. The van der Waals surface area contributed by atoms with Crippen LogP contribution in [-0.4, -0.2) is 29.2 Å². The first-order chi connectivity index (χ1) is 7.84. The first kappa shape index (κ1) is 11.3. The molecule has 1 N–H and O–H groups in total. The molecule has 1 atom stereocenters. The lowest BCUT2D eigenvalue weighted by Crippen LogP contribution is -2.35. The van der Waals surface area contributed by atoms with Gasteiger partial charge in [-0.2, -0.15) is 0 Å². The zero-order chi connectivity index (χ0) is 11.2. The number of halogens is 1. The van der Waals surface area contributed by atoms with Gasteiger partial charge in [-0.05, 0) is 25.8 Å². The molecule has 1 aliphatic rings. The molecular formula is C11H16FN3O. The molecule has 0 spiro atoms. The van der Waals surface area contributed by atoms with Crippen molar-refractivity contribution in [3.63, 3.8) is 0 Å². The number of rotatable bonds is 4. The largest absolute Gasteiger partial charge is 0.463 e. The smallest absolute Gasteiger partial charge is 0.316 e. The zero-order valence-corrected chi connectivity index (χ0v) is 9.16. The monoisotopic (exact) mass is 225 g/mol. The Hall–Kier alpha value is -1.23. The van der Waals surface area contributed by atoms with E-state index in [0.29, 0.717) is 12.6 Å². The Morgan fingerprint density at radius 1 is 1.38 bits per heavy atom. The van der Waals surface area contributed by atoms with Gasteiger partial charge >= 0.3 is 6.01 Å². The summed E-state index contributed by atoms with van der Waals surface area (Å²) in [5.74, 6) is -0.443. The molecule has 1 saturated heterocycles. The molecule has 0 saturated carbocycles. The first-order valence-corrected chi connectivity index (χ1v) is 5.68. The average molecular weight is 225 g/mol. The van der Waals surface area contributed by atoms with Gasteiger partial charge in [0.1, 0.15) is 0 Å². The number of ether oxygens (including phenoxy) is 1. The molecule has 88 valence electrons. The Morgan fingerprint density at radius 3 is 2.88 bits per heavy atom. The van der Waals surface area contributed by atoms with Crippen molar-refractivity contribution in [2.45, 2.75) is 31.7 Å². The van der Waals surface area contributed by atoms with Gasteiger partial charge in [0.15, 0.2) is 5.82 Å². The second kappa shape index (κ2) is 5.75. The number of nitrogens with zero attached hydrogens (tertiary/aromatic N) is 2. The maximum atomic E-state index is 12.5. The number of hydrogen-bond acceptors (Lipinski definition) is 4. The van der Waals surface area contributed by atoms with Gasteiger partial charge in [-0.25, -0.2) is 14.4 Å². The van der Waals surface area contributed by atoms with Crippen molar-refractivity contribution in [1.82, 2.24) is 15.3 Å². The molecule has 1 aromatic rings. The molecule has 5 heteroatoms. The van der Waals surface area contributed by atoms with Gasteiger partial charge in [0.2, 0.25) is 0 Å². The summed E-state index contributed by atoms with van der Waals surface area (Å²) in [7, 11) is 0. The molecule has 1 unspecified atom stereocenters. The van der Waals surface area contributed by atoms with Crippen LogP contribution in [0.4, 0.5) is 4.39 Å². The molecule has 1 aromatic heterocycles. The van der Waals surface area contributed by atoms with Gasteiger partial charge in [-0.1, -0.05) is 6.42 Å². The van der Waals surface area contributed by atoms with Crippen LogP contribution in [0.1, 0.15) is 25.7 Å². The molecule has 2 heterocycles. The van der Waals surface area contributed by atoms with Crippen LogP contribution in [0.25, 0.3) is 0 Å². The minimum absolute atomic E-state index is 0.247. The Balaban J connectivity index is 1.69. The maximum absolute atomic E-state index is 12.5. The summed E-state index contributed by atoms with van der Waals surface area (Å²) < 4.78 is 17.8. The van der Waals surface area contributed by atoms with E-state index >= 15 is 0 Å². The van der Waals surface area contributed by atoms with Crippen molar-refractivity contribution in [1.29, 1.82) is 0 Å². The van der Waals surface area contributed by atoms with Gasteiger partial charge in [0, 0.05) is 6.04 Å². The predicted molar refractivity (Wildman–Crippen MR) is 57.7 cm³/mol. The molecular weight excluding hydrogens is 209 g/mol. The topological polar surface area (TPSA) is 47.0 Å². The summed E-state index contributed by atoms with van der Waals surface area (Å²) >= 11 is 0. The van der Waals surface area contributed by atoms with E-state index in [1.165, 1.54) is 19.3 Å². The van der Waals surface area contributed by atoms with Crippen LogP contribution in [0.5, 0.6) is 6.01 Å². The van der Waals surface area contributed by atoms with Crippen LogP contribution >= 0.6 is 0 Å². The average Bonchev–Trinajstić information content (AvgIpc) is 2.33. The summed E-state index contributed by atoms with van der Waals surface area (Å²) in [6.45, 7) is 1.67. The zero-order valence-electron chi connectivity index (χ0n) is 9.16. The van der Waals surface area contributed by atoms with Crippen LogP contribution in [0.2, 0.25) is 0 Å². The molecule has 0 amide bonds. The van der Waals surface area contributed by atoms with Gasteiger partial charge in [-0.15, -0.1) is 0 Å². The predicted octanol–water partition coefficient (Wildman–Crippen LogP) is 1.53. The fraction of sp³-hybridized carbons (Fsp3) is 0.636. The summed E-state index contributed by atoms with van der Waals surface area (Å²) in [6, 6.07) is 0.784. The van der Waals surface area contributed by atoms with E-state index in [9.17, 15) is 4.39 Å². The van der Waals surface area contributed by atoms with E-state index in [-0.39, 0.29) is 6.01 Å². The van der Waals surface area contributed by atoms with Gasteiger partial charge < -0.3 is 10.1 Å². The van der Waals surface area contributed by atoms with Crippen LogP contribution in [0.3, 0.4) is 0 Å². The third-order valence-corrected chi connectivity index (χ3v) is 2.71. The quantitative estimate of drug-likeness (QED) is 0.844. The van der Waals surface area contributed by atoms with Gasteiger partial charge in [-0.3, -0.25) is 0 Å². The molecule has 1 fully saturated rings. The van der Waals surface area contributed by atoms with Crippen molar-refractivity contribution in [2.24, 2.45) is 0 Å². The number of nitrogens with one attached hydrogen (secondary N) is 1. The van der Waals surface area contributed by atoms with Crippen molar-refractivity contribution in [2.75, 3.05) is 13.2 Å². The van der Waals surface area contributed by atoms with Crippen molar-refractivity contribution < 1.29 is 9.13 Å². The highest BCUT2D eigenvalue weighted by molar-refractivity contribution is 4.95. The number of aromatic nitrogens is 2. The summed E-state index contributed by atoms with van der Waals surface area (Å²) in [4.78, 5) is 7.46. The maximum Gasteiger partial charge on any atom is 0.316 e. The second-order valence-electron chi connectivity index (χ2n) is 3.97. The Labute approximate surface area is 94.2 Å². The lowest BCUT2D eigenvalue weighted by Gasteiger charge is -2.22. The normalized spacial score (nSPS) is 20.7. The minimum atomic E-state index is -0.443. The lowest BCUT2D eigenvalue weighted by molar-refractivity contribution is 0.251. The summed E-state index contributed by atoms with van der Waals surface area (Å²) in [5, 5.41) is 3.43. The summed E-state index contributed by atoms with van der Waals surface area (Å²) in [5.41, 5.74) is 0. The van der Waals surface area contributed by atoms with E-state index in [4.69, 9.17) is 4.74 Å². The second-order valence-corrected chi connectivity index (χ2v) is 3.97. The van der Waals surface area contributed by atoms with Crippen molar-refractivity contribution in [3.8, 4) is 6.01 Å². The van der Waals surface area contributed by atoms with Crippen LogP contribution in [-0.2, 0) is 0 Å². The van der Waals surface area contributed by atoms with Crippen molar-refractivity contribution >= 4 is 0 Å². The summed E-state index contributed by atoms with van der Waals surface area (Å²) in [6.07, 6.45) is 6.92. The minimum Gasteiger partial charge on any atom is -0.463 e. The van der Waals surface area contributed by atoms with Crippen LogP contribution in [0, 0.1) is 5.82 Å². The fourth-order valence-corrected chi connectivity index (χ4v) is 1.84. The van der Waals surface area contributed by atoms with Crippen molar-refractivity contribution in [3.05, 3.63) is 18.2 Å². The third-order valence-electron chi connectivity index (χ3n) is 2.71. The Morgan fingerprint density at radius 2 is 2.19 bits per heavy atom. The van der Waals surface area contributed by atoms with E-state index in [1.807, 2.05) is 0 Å². The van der Waals surface area contributed by atoms with E-state index < -0.39 is 5.82 Å². The fourth-order valence-electron chi connectivity index (χ4n) is 1.84. The standard InChI is InChI=1S/C11H16FN3O/c12-9-7-14-11(15-8-9)16-6-4-10-3-1-2-5-13-10/h7-8,10,13H,1-6H2. The van der Waals surface area contributed by atoms with Gasteiger partial charge in [0.05, 0.1) is 19.0 Å². The highest BCUT2D eigenvalue weighted by atomic mass is 19.1. The molecule has 2 rings (SSSR count). The van der Waals surface area contributed by atoms with E-state index in [1.54, 1.807) is 0 Å². The number of hydrogen-bond donors (Lipinski definition) is 1. The molecule has 4 nitrogen and oxygen atoms in total. The molecule has 0 aliphatic carbocycles. The van der Waals surface area contributed by atoms with Gasteiger partial charge in [0.25, 0.3) is 0 Å². The van der Waals surface area contributed by atoms with Crippen LogP contribution in [0.15, 0.2) is 12.4 Å². The molecule has 0 radical (unpaired) electrons. The number of piperidine rings is 1.